The molecule has 1 aliphatic heterocycles. The highest BCUT2D eigenvalue weighted by atomic mass is 35.5. The number of hydrogen-bond acceptors (Lipinski definition) is 4. The fourth-order valence-corrected chi connectivity index (χ4v) is 3.24. The normalized spacial score (nSPS) is 20.2. The van der Waals surface area contributed by atoms with Crippen molar-refractivity contribution in [3.8, 4) is 0 Å². The van der Waals surface area contributed by atoms with Gasteiger partial charge in [-0.25, -0.2) is 13.1 Å². The molecular formula is C11H14ClNO4S. The van der Waals surface area contributed by atoms with Crippen LogP contribution in [0.3, 0.4) is 0 Å². The zero-order chi connectivity index (χ0) is 13.2. The molecule has 100 valence electrons. The molecule has 0 saturated carbocycles. The topological polar surface area (TPSA) is 75.6 Å². The Kier molecular flexibility index (Phi) is 4.24. The van der Waals surface area contributed by atoms with Crippen LogP contribution in [-0.4, -0.2) is 32.8 Å². The van der Waals surface area contributed by atoms with Gasteiger partial charge in [0.2, 0.25) is 10.0 Å². The molecule has 1 atom stereocenters. The van der Waals surface area contributed by atoms with Gasteiger partial charge in [0.05, 0.1) is 18.1 Å². The highest BCUT2D eigenvalue weighted by Gasteiger charge is 2.23. The Balaban J connectivity index is 2.23. The molecule has 1 aliphatic rings. The maximum absolute atomic E-state index is 12.1. The summed E-state index contributed by atoms with van der Waals surface area (Å²) in [5.41, 5.74) is 0.391. The quantitative estimate of drug-likeness (QED) is 0.864. The van der Waals surface area contributed by atoms with Gasteiger partial charge in [-0.05, 0) is 30.2 Å². The first kappa shape index (κ1) is 13.8. The van der Waals surface area contributed by atoms with E-state index in [1.807, 2.05) is 0 Å². The predicted molar refractivity (Wildman–Crippen MR) is 66.9 cm³/mol. The monoisotopic (exact) mass is 291 g/mol. The molecule has 0 aliphatic carbocycles. The third kappa shape index (κ3) is 3.02. The number of rotatable bonds is 4. The summed E-state index contributed by atoms with van der Waals surface area (Å²) in [7, 11) is -3.59. The highest BCUT2D eigenvalue weighted by molar-refractivity contribution is 7.89. The molecule has 5 nitrogen and oxygen atoms in total. The van der Waals surface area contributed by atoms with Gasteiger partial charge in [0.1, 0.15) is 0 Å². The van der Waals surface area contributed by atoms with Crippen molar-refractivity contribution < 1.29 is 18.3 Å². The lowest BCUT2D eigenvalue weighted by molar-refractivity contribution is 0.192. The van der Waals surface area contributed by atoms with Gasteiger partial charge in [-0.3, -0.25) is 0 Å². The Morgan fingerprint density at radius 2 is 2.28 bits per heavy atom. The van der Waals surface area contributed by atoms with Crippen LogP contribution in [-0.2, 0) is 21.4 Å². The van der Waals surface area contributed by atoms with E-state index in [0.717, 1.165) is 0 Å². The molecule has 0 amide bonds. The SMILES string of the molecule is O=S(=O)(NC1CCOC1)c1ccc(Cl)c(CO)c1. The third-order valence-corrected chi connectivity index (χ3v) is 4.64. The first-order valence-electron chi connectivity index (χ1n) is 5.52. The van der Waals surface area contributed by atoms with E-state index in [9.17, 15) is 8.42 Å². The van der Waals surface area contributed by atoms with Crippen molar-refractivity contribution in [2.24, 2.45) is 0 Å². The lowest BCUT2D eigenvalue weighted by Gasteiger charge is -2.12. The van der Waals surface area contributed by atoms with Crippen LogP contribution in [0.5, 0.6) is 0 Å². The molecule has 0 bridgehead atoms. The number of aliphatic hydroxyl groups excluding tert-OH is 1. The van der Waals surface area contributed by atoms with Crippen LogP contribution in [0, 0.1) is 0 Å². The van der Waals surface area contributed by atoms with Crippen LogP contribution in [0.25, 0.3) is 0 Å². The molecule has 1 aromatic rings. The Morgan fingerprint density at radius 3 is 2.89 bits per heavy atom. The molecule has 2 rings (SSSR count). The molecule has 1 aromatic carbocycles. The Morgan fingerprint density at radius 1 is 1.50 bits per heavy atom. The summed E-state index contributed by atoms with van der Waals surface area (Å²) < 4.78 is 31.8. The second kappa shape index (κ2) is 5.54. The summed E-state index contributed by atoms with van der Waals surface area (Å²) >= 11 is 5.82. The summed E-state index contributed by atoms with van der Waals surface area (Å²) in [5.74, 6) is 0. The number of ether oxygens (including phenoxy) is 1. The van der Waals surface area contributed by atoms with Gasteiger partial charge in [0, 0.05) is 17.7 Å². The van der Waals surface area contributed by atoms with Crippen LogP contribution in [0.1, 0.15) is 12.0 Å². The van der Waals surface area contributed by atoms with E-state index in [1.54, 1.807) is 0 Å². The van der Waals surface area contributed by atoms with E-state index >= 15 is 0 Å². The van der Waals surface area contributed by atoms with Gasteiger partial charge in [0.25, 0.3) is 0 Å². The molecule has 1 saturated heterocycles. The molecule has 7 heteroatoms. The second-order valence-electron chi connectivity index (χ2n) is 4.09. The van der Waals surface area contributed by atoms with Crippen molar-refractivity contribution in [2.45, 2.75) is 24.0 Å². The average molecular weight is 292 g/mol. The highest BCUT2D eigenvalue weighted by Crippen LogP contribution is 2.21. The Bertz CT molecular complexity index is 526. The van der Waals surface area contributed by atoms with Gasteiger partial charge in [-0.1, -0.05) is 11.6 Å². The first-order valence-corrected chi connectivity index (χ1v) is 7.38. The molecular weight excluding hydrogens is 278 g/mol. The zero-order valence-electron chi connectivity index (χ0n) is 9.60. The number of nitrogens with one attached hydrogen (secondary N) is 1. The smallest absolute Gasteiger partial charge is 0.240 e. The van der Waals surface area contributed by atoms with E-state index < -0.39 is 10.0 Å². The van der Waals surface area contributed by atoms with Crippen molar-refractivity contribution in [1.82, 2.24) is 4.72 Å². The van der Waals surface area contributed by atoms with Gasteiger partial charge in [-0.15, -0.1) is 0 Å². The third-order valence-electron chi connectivity index (χ3n) is 2.75. The maximum atomic E-state index is 12.1. The largest absolute Gasteiger partial charge is 0.392 e. The van der Waals surface area contributed by atoms with Gasteiger partial charge in [0.15, 0.2) is 0 Å². The molecule has 0 aromatic heterocycles. The van der Waals surface area contributed by atoms with Crippen LogP contribution in [0.4, 0.5) is 0 Å². The first-order chi connectivity index (χ1) is 8.53. The summed E-state index contributed by atoms with van der Waals surface area (Å²) in [4.78, 5) is 0.0999. The molecule has 0 spiro atoms. The van der Waals surface area contributed by atoms with Crippen molar-refractivity contribution in [3.63, 3.8) is 0 Å². The lowest BCUT2D eigenvalue weighted by Crippen LogP contribution is -2.35. The van der Waals surface area contributed by atoms with E-state index in [-0.39, 0.29) is 17.5 Å². The van der Waals surface area contributed by atoms with Gasteiger partial charge >= 0.3 is 0 Å². The van der Waals surface area contributed by atoms with Crippen molar-refractivity contribution in [3.05, 3.63) is 28.8 Å². The number of sulfonamides is 1. The molecule has 0 radical (unpaired) electrons. The summed E-state index contributed by atoms with van der Waals surface area (Å²) in [6, 6.07) is 4.07. The Hall–Kier alpha value is -0.660. The molecule has 2 N–H and O–H groups in total. The van der Waals surface area contributed by atoms with E-state index in [1.165, 1.54) is 18.2 Å². The fraction of sp³-hybridized carbons (Fsp3) is 0.455. The number of halogens is 1. The second-order valence-corrected chi connectivity index (χ2v) is 6.21. The minimum absolute atomic E-state index is 0.0999. The van der Waals surface area contributed by atoms with Crippen molar-refractivity contribution in [2.75, 3.05) is 13.2 Å². The van der Waals surface area contributed by atoms with Crippen molar-refractivity contribution >= 4 is 21.6 Å². The summed E-state index contributed by atoms with van der Waals surface area (Å²) in [5, 5.41) is 9.42. The maximum Gasteiger partial charge on any atom is 0.240 e. The minimum Gasteiger partial charge on any atom is -0.392 e. The Labute approximate surface area is 111 Å². The average Bonchev–Trinajstić information content (AvgIpc) is 2.81. The number of benzene rings is 1. The molecule has 1 fully saturated rings. The van der Waals surface area contributed by atoms with Crippen LogP contribution in [0.15, 0.2) is 23.1 Å². The van der Waals surface area contributed by atoms with Gasteiger partial charge in [-0.2, -0.15) is 0 Å². The van der Waals surface area contributed by atoms with E-state index in [2.05, 4.69) is 4.72 Å². The number of hydrogen-bond donors (Lipinski definition) is 2. The standard InChI is InChI=1S/C11H14ClNO4S/c12-11-2-1-10(5-8(11)6-14)18(15,16)13-9-3-4-17-7-9/h1-2,5,9,13-14H,3-4,6-7H2. The zero-order valence-corrected chi connectivity index (χ0v) is 11.2. The minimum atomic E-state index is -3.59. The summed E-state index contributed by atoms with van der Waals surface area (Å²) in [6.45, 7) is 0.657. The van der Waals surface area contributed by atoms with E-state index in [0.29, 0.717) is 30.2 Å². The van der Waals surface area contributed by atoms with Crippen LogP contribution < -0.4 is 4.72 Å². The molecule has 1 unspecified atom stereocenters. The van der Waals surface area contributed by atoms with Crippen molar-refractivity contribution in [1.29, 1.82) is 0 Å². The summed E-state index contributed by atoms with van der Waals surface area (Å²) in [6.07, 6.45) is 0.666. The van der Waals surface area contributed by atoms with E-state index in [4.69, 9.17) is 21.4 Å². The van der Waals surface area contributed by atoms with Gasteiger partial charge < -0.3 is 9.84 Å². The molecule has 18 heavy (non-hydrogen) atoms. The fourth-order valence-electron chi connectivity index (χ4n) is 1.75. The number of aliphatic hydroxyl groups is 1. The molecule has 1 heterocycles. The lowest BCUT2D eigenvalue weighted by atomic mass is 10.2. The van der Waals surface area contributed by atoms with Crippen LogP contribution in [0.2, 0.25) is 5.02 Å². The van der Waals surface area contributed by atoms with Crippen LogP contribution >= 0.6 is 11.6 Å². The predicted octanol–water partition coefficient (Wildman–Crippen LogP) is 0.899.